The Balaban J connectivity index is 2.16. The molecule has 2 N–H and O–H groups in total. The van der Waals surface area contributed by atoms with Crippen molar-refractivity contribution in [2.24, 2.45) is 0 Å². The molecule has 2 aromatic carbocycles. The third-order valence-corrected chi connectivity index (χ3v) is 5.65. The van der Waals surface area contributed by atoms with Crippen LogP contribution >= 0.6 is 23.2 Å². The molecular formula is C17H18Cl2N2O3S. The van der Waals surface area contributed by atoms with Crippen LogP contribution in [-0.2, 0) is 14.8 Å². The van der Waals surface area contributed by atoms with Crippen LogP contribution in [0.4, 0.5) is 5.69 Å². The second-order valence-electron chi connectivity index (χ2n) is 5.78. The Morgan fingerprint density at radius 2 is 1.64 bits per heavy atom. The number of hydrogen-bond acceptors (Lipinski definition) is 3. The van der Waals surface area contributed by atoms with E-state index in [1.54, 1.807) is 12.1 Å². The minimum Gasteiger partial charge on any atom is -0.325 e. The van der Waals surface area contributed by atoms with Crippen molar-refractivity contribution in [3.8, 4) is 0 Å². The highest BCUT2D eigenvalue weighted by Crippen LogP contribution is 2.25. The molecule has 2 rings (SSSR count). The fraction of sp³-hybridized carbons (Fsp3) is 0.235. The summed E-state index contributed by atoms with van der Waals surface area (Å²) >= 11 is 11.8. The van der Waals surface area contributed by atoms with Gasteiger partial charge in [-0.1, -0.05) is 29.3 Å². The van der Waals surface area contributed by atoms with Crippen molar-refractivity contribution in [3.05, 3.63) is 57.6 Å². The molecule has 0 aliphatic rings. The molecule has 1 atom stereocenters. The first kappa shape index (κ1) is 19.7. The van der Waals surface area contributed by atoms with E-state index in [0.29, 0.717) is 5.69 Å². The molecule has 0 aliphatic carbocycles. The molecule has 0 fully saturated rings. The number of rotatable bonds is 5. The number of carbonyl (C=O) groups is 1. The predicted octanol–water partition coefficient (Wildman–Crippen LogP) is 3.92. The number of benzene rings is 2. The van der Waals surface area contributed by atoms with Crippen LogP contribution < -0.4 is 10.0 Å². The number of amides is 1. The molecule has 0 spiro atoms. The Hall–Kier alpha value is -1.60. The number of nitrogens with one attached hydrogen (secondary N) is 2. The van der Waals surface area contributed by atoms with Crippen molar-refractivity contribution in [2.45, 2.75) is 31.7 Å². The van der Waals surface area contributed by atoms with Gasteiger partial charge in [0.25, 0.3) is 0 Å². The first-order chi connectivity index (χ1) is 11.6. The molecule has 2 aromatic rings. The number of halogens is 2. The van der Waals surface area contributed by atoms with Crippen LogP contribution in [0.5, 0.6) is 0 Å². The van der Waals surface area contributed by atoms with Crippen molar-refractivity contribution >= 4 is 44.8 Å². The maximum Gasteiger partial charge on any atom is 0.242 e. The summed E-state index contributed by atoms with van der Waals surface area (Å²) in [5, 5.41) is 2.96. The van der Waals surface area contributed by atoms with Gasteiger partial charge >= 0.3 is 0 Å². The largest absolute Gasteiger partial charge is 0.325 e. The van der Waals surface area contributed by atoms with Gasteiger partial charge in [-0.3, -0.25) is 4.79 Å². The lowest BCUT2D eigenvalue weighted by atomic mass is 10.1. The van der Waals surface area contributed by atoms with Crippen molar-refractivity contribution in [3.63, 3.8) is 0 Å². The highest BCUT2D eigenvalue weighted by atomic mass is 35.5. The summed E-state index contributed by atoms with van der Waals surface area (Å²) in [7, 11) is -3.99. The Morgan fingerprint density at radius 1 is 1.04 bits per heavy atom. The minimum atomic E-state index is -3.99. The normalized spacial score (nSPS) is 12.7. The van der Waals surface area contributed by atoms with Gasteiger partial charge in [-0.2, -0.15) is 4.72 Å². The lowest BCUT2D eigenvalue weighted by Gasteiger charge is -2.16. The smallest absolute Gasteiger partial charge is 0.242 e. The van der Waals surface area contributed by atoms with E-state index in [1.807, 2.05) is 19.9 Å². The van der Waals surface area contributed by atoms with Gasteiger partial charge in [-0.25, -0.2) is 8.42 Å². The third-order valence-electron chi connectivity index (χ3n) is 3.40. The predicted molar refractivity (Wildman–Crippen MR) is 101 cm³/mol. The zero-order chi connectivity index (χ0) is 18.8. The molecule has 0 saturated carbocycles. The molecule has 0 heterocycles. The molecule has 134 valence electrons. The summed E-state index contributed by atoms with van der Waals surface area (Å²) < 4.78 is 27.2. The highest BCUT2D eigenvalue weighted by molar-refractivity contribution is 7.89. The van der Waals surface area contributed by atoms with Gasteiger partial charge in [0.05, 0.1) is 11.1 Å². The van der Waals surface area contributed by atoms with Gasteiger partial charge in [-0.15, -0.1) is 0 Å². The Kier molecular flexibility index (Phi) is 6.11. The van der Waals surface area contributed by atoms with Gasteiger partial charge in [0.15, 0.2) is 0 Å². The average Bonchev–Trinajstić information content (AvgIpc) is 2.48. The first-order valence-electron chi connectivity index (χ1n) is 7.45. The fourth-order valence-electron chi connectivity index (χ4n) is 2.33. The quantitative estimate of drug-likeness (QED) is 0.798. The van der Waals surface area contributed by atoms with Crippen molar-refractivity contribution in [1.29, 1.82) is 0 Å². The second-order valence-corrected chi connectivity index (χ2v) is 8.31. The molecule has 1 amide bonds. The van der Waals surface area contributed by atoms with Crippen LogP contribution in [0, 0.1) is 13.8 Å². The van der Waals surface area contributed by atoms with Gasteiger partial charge in [0.2, 0.25) is 15.9 Å². The van der Waals surface area contributed by atoms with Crippen LogP contribution in [0.2, 0.25) is 10.0 Å². The van der Waals surface area contributed by atoms with Gasteiger partial charge < -0.3 is 5.32 Å². The van der Waals surface area contributed by atoms with Crippen LogP contribution in [0.15, 0.2) is 41.3 Å². The number of carbonyl (C=O) groups excluding carboxylic acids is 1. The molecular weight excluding hydrogens is 383 g/mol. The fourth-order valence-corrected chi connectivity index (χ4v) is 4.30. The summed E-state index contributed by atoms with van der Waals surface area (Å²) in [6.07, 6.45) is 0. The lowest BCUT2D eigenvalue weighted by molar-refractivity contribution is -0.117. The minimum absolute atomic E-state index is 0.0267. The van der Waals surface area contributed by atoms with Crippen LogP contribution in [-0.4, -0.2) is 20.4 Å². The van der Waals surface area contributed by atoms with E-state index < -0.39 is 22.0 Å². The molecule has 0 aliphatic heterocycles. The SMILES string of the molecule is Cc1cc(C)cc(NC(=O)C(C)NS(=O)(=O)c2cc(Cl)ccc2Cl)c1. The maximum absolute atomic E-state index is 12.4. The van der Waals surface area contributed by atoms with E-state index in [0.717, 1.165) is 11.1 Å². The van der Waals surface area contributed by atoms with E-state index in [1.165, 1.54) is 25.1 Å². The molecule has 8 heteroatoms. The van der Waals surface area contributed by atoms with Crippen molar-refractivity contribution in [1.82, 2.24) is 4.72 Å². The topological polar surface area (TPSA) is 75.3 Å². The third kappa shape index (κ3) is 5.19. The molecule has 5 nitrogen and oxygen atoms in total. The molecule has 0 saturated heterocycles. The Labute approximate surface area is 157 Å². The van der Waals surface area contributed by atoms with Gasteiger partial charge in [0, 0.05) is 10.7 Å². The maximum atomic E-state index is 12.4. The zero-order valence-corrected chi connectivity index (χ0v) is 16.3. The molecule has 1 unspecified atom stereocenters. The second kappa shape index (κ2) is 7.74. The lowest BCUT2D eigenvalue weighted by Crippen LogP contribution is -2.41. The molecule has 0 bridgehead atoms. The van der Waals surface area contributed by atoms with Gasteiger partial charge in [0.1, 0.15) is 4.90 Å². The van der Waals surface area contributed by atoms with Crippen LogP contribution in [0.3, 0.4) is 0 Å². The summed E-state index contributed by atoms with van der Waals surface area (Å²) in [6, 6.07) is 8.70. The number of sulfonamides is 1. The van der Waals surface area contributed by atoms with E-state index in [2.05, 4.69) is 10.0 Å². The molecule has 0 aromatic heterocycles. The summed E-state index contributed by atoms with van der Waals surface area (Å²) in [4.78, 5) is 12.1. The number of hydrogen-bond donors (Lipinski definition) is 2. The zero-order valence-electron chi connectivity index (χ0n) is 13.9. The van der Waals surface area contributed by atoms with E-state index in [-0.39, 0.29) is 14.9 Å². The highest BCUT2D eigenvalue weighted by Gasteiger charge is 2.24. The molecule has 25 heavy (non-hydrogen) atoms. The summed E-state index contributed by atoms with van der Waals surface area (Å²) in [5.41, 5.74) is 2.60. The Bertz CT molecular complexity index is 894. The van der Waals surface area contributed by atoms with E-state index in [9.17, 15) is 13.2 Å². The standard InChI is InChI=1S/C17H18Cl2N2O3S/c1-10-6-11(2)8-14(7-10)20-17(22)12(3)21-25(23,24)16-9-13(18)4-5-15(16)19/h4-9,12,21H,1-3H3,(H,20,22). The van der Waals surface area contributed by atoms with Gasteiger partial charge in [-0.05, 0) is 62.2 Å². The number of anilines is 1. The van der Waals surface area contributed by atoms with E-state index in [4.69, 9.17) is 23.2 Å². The van der Waals surface area contributed by atoms with Crippen molar-refractivity contribution in [2.75, 3.05) is 5.32 Å². The first-order valence-corrected chi connectivity index (χ1v) is 9.69. The van der Waals surface area contributed by atoms with Crippen molar-refractivity contribution < 1.29 is 13.2 Å². The Morgan fingerprint density at radius 3 is 2.24 bits per heavy atom. The molecule has 0 radical (unpaired) electrons. The van der Waals surface area contributed by atoms with E-state index >= 15 is 0 Å². The average molecular weight is 401 g/mol. The monoisotopic (exact) mass is 400 g/mol. The van der Waals surface area contributed by atoms with Crippen LogP contribution in [0.25, 0.3) is 0 Å². The van der Waals surface area contributed by atoms with Crippen LogP contribution in [0.1, 0.15) is 18.1 Å². The summed E-state index contributed by atoms with van der Waals surface area (Å²) in [5.74, 6) is -0.480. The summed E-state index contributed by atoms with van der Waals surface area (Å²) in [6.45, 7) is 5.28. The number of aryl methyl sites for hydroxylation is 2.